The van der Waals surface area contributed by atoms with E-state index in [1.807, 2.05) is 31.1 Å². The van der Waals surface area contributed by atoms with Crippen molar-refractivity contribution < 1.29 is 4.74 Å². The van der Waals surface area contributed by atoms with Gasteiger partial charge in [-0.3, -0.25) is 14.8 Å². The lowest BCUT2D eigenvalue weighted by Crippen LogP contribution is -2.50. The second-order valence-electron chi connectivity index (χ2n) is 7.18. The van der Waals surface area contributed by atoms with Gasteiger partial charge in [0.15, 0.2) is 0 Å². The van der Waals surface area contributed by atoms with Gasteiger partial charge in [0.1, 0.15) is 0 Å². The molecule has 4 rings (SSSR count). The monoisotopic (exact) mass is 358 g/mol. The van der Waals surface area contributed by atoms with Crippen molar-refractivity contribution in [1.29, 1.82) is 0 Å². The quantitative estimate of drug-likeness (QED) is 0.822. The van der Waals surface area contributed by atoms with E-state index in [0.29, 0.717) is 18.1 Å². The van der Waals surface area contributed by atoms with Gasteiger partial charge in [0.05, 0.1) is 17.3 Å². The van der Waals surface area contributed by atoms with E-state index in [9.17, 15) is 0 Å². The van der Waals surface area contributed by atoms with Crippen molar-refractivity contribution in [3.05, 3.63) is 46.2 Å². The zero-order valence-corrected chi connectivity index (χ0v) is 15.8. The number of likely N-dealkylation sites (tertiary alicyclic amines) is 2. The van der Waals surface area contributed by atoms with Gasteiger partial charge in [-0.05, 0) is 25.0 Å². The SMILES string of the molecule is CO[C@H]1CCN(Cc2scnc2C)[C@@H]2CN(Cc3cccnc3)C[C@H]12. The molecule has 0 N–H and O–H groups in total. The standard InChI is InChI=1S/C19H26N4OS/c1-14-19(25-13-21-14)12-23-7-5-18(24-2)16-10-22(11-17(16)23)9-15-4-3-6-20-8-15/h3-4,6,8,13,16-18H,5,7,9-12H2,1-2H3/t16-,17+,18-/m0/s1. The van der Waals surface area contributed by atoms with Gasteiger partial charge < -0.3 is 4.74 Å². The molecule has 0 aromatic carbocycles. The first-order valence-corrected chi connectivity index (χ1v) is 9.89. The highest BCUT2D eigenvalue weighted by atomic mass is 32.1. The Morgan fingerprint density at radius 1 is 1.32 bits per heavy atom. The maximum Gasteiger partial charge on any atom is 0.0798 e. The van der Waals surface area contributed by atoms with E-state index in [4.69, 9.17) is 4.74 Å². The van der Waals surface area contributed by atoms with Gasteiger partial charge in [-0.15, -0.1) is 11.3 Å². The number of aromatic nitrogens is 2. The van der Waals surface area contributed by atoms with E-state index in [1.54, 1.807) is 11.3 Å². The van der Waals surface area contributed by atoms with Crippen molar-refractivity contribution in [1.82, 2.24) is 19.8 Å². The van der Waals surface area contributed by atoms with Crippen LogP contribution < -0.4 is 0 Å². The molecule has 5 nitrogen and oxygen atoms in total. The average molecular weight is 359 g/mol. The third-order valence-electron chi connectivity index (χ3n) is 5.68. The molecule has 0 saturated carbocycles. The molecule has 2 aromatic heterocycles. The summed E-state index contributed by atoms with van der Waals surface area (Å²) in [6.07, 6.45) is 5.32. The van der Waals surface area contributed by atoms with Crippen LogP contribution in [0.3, 0.4) is 0 Å². The maximum absolute atomic E-state index is 5.84. The fourth-order valence-corrected chi connectivity index (χ4v) is 5.15. The minimum atomic E-state index is 0.378. The summed E-state index contributed by atoms with van der Waals surface area (Å²) in [5.41, 5.74) is 4.44. The second kappa shape index (κ2) is 7.50. The van der Waals surface area contributed by atoms with Crippen molar-refractivity contribution in [2.45, 2.75) is 38.6 Å². The smallest absolute Gasteiger partial charge is 0.0798 e. The number of ether oxygens (including phenoxy) is 1. The van der Waals surface area contributed by atoms with E-state index in [-0.39, 0.29) is 0 Å². The van der Waals surface area contributed by atoms with Gasteiger partial charge in [0.2, 0.25) is 0 Å². The number of methoxy groups -OCH3 is 1. The van der Waals surface area contributed by atoms with Crippen LogP contribution in [0.5, 0.6) is 0 Å². The number of thiazole rings is 1. The van der Waals surface area contributed by atoms with Crippen molar-refractivity contribution in [2.24, 2.45) is 5.92 Å². The molecule has 0 aliphatic carbocycles. The summed E-state index contributed by atoms with van der Waals surface area (Å²) in [4.78, 5) is 15.3. The third-order valence-corrected chi connectivity index (χ3v) is 6.60. The number of piperidine rings is 1. The summed E-state index contributed by atoms with van der Waals surface area (Å²) in [5, 5.41) is 0. The molecule has 0 amide bonds. The van der Waals surface area contributed by atoms with Crippen molar-refractivity contribution in [3.8, 4) is 0 Å². The van der Waals surface area contributed by atoms with Crippen molar-refractivity contribution in [2.75, 3.05) is 26.7 Å². The Labute approximate surface area is 153 Å². The zero-order chi connectivity index (χ0) is 17.2. The van der Waals surface area contributed by atoms with Crippen LogP contribution in [0, 0.1) is 12.8 Å². The average Bonchev–Trinajstić information content (AvgIpc) is 3.23. The number of pyridine rings is 1. The van der Waals surface area contributed by atoms with Gasteiger partial charge in [0, 0.05) is 69.1 Å². The van der Waals surface area contributed by atoms with Crippen LogP contribution in [0.4, 0.5) is 0 Å². The molecular weight excluding hydrogens is 332 g/mol. The summed E-state index contributed by atoms with van der Waals surface area (Å²) in [6.45, 7) is 7.44. The maximum atomic E-state index is 5.84. The molecule has 2 aromatic rings. The fraction of sp³-hybridized carbons (Fsp3) is 0.579. The lowest BCUT2D eigenvalue weighted by atomic mass is 9.89. The van der Waals surface area contributed by atoms with E-state index in [1.165, 1.54) is 16.1 Å². The zero-order valence-electron chi connectivity index (χ0n) is 15.0. The summed E-state index contributed by atoms with van der Waals surface area (Å²) in [6, 6.07) is 4.76. The molecule has 2 saturated heterocycles. The highest BCUT2D eigenvalue weighted by molar-refractivity contribution is 7.09. The molecule has 134 valence electrons. The van der Waals surface area contributed by atoms with Gasteiger partial charge in [-0.2, -0.15) is 0 Å². The molecule has 2 fully saturated rings. The lowest BCUT2D eigenvalue weighted by molar-refractivity contribution is -0.0242. The normalized spacial score (nSPS) is 27.5. The number of aryl methyl sites for hydroxylation is 1. The Kier molecular flexibility index (Phi) is 5.12. The third kappa shape index (κ3) is 3.62. The largest absolute Gasteiger partial charge is 0.381 e. The Hall–Kier alpha value is -1.34. The van der Waals surface area contributed by atoms with Crippen LogP contribution in [0.1, 0.15) is 22.6 Å². The van der Waals surface area contributed by atoms with Crippen LogP contribution in [0.25, 0.3) is 0 Å². The number of hydrogen-bond donors (Lipinski definition) is 0. The Balaban J connectivity index is 1.48. The van der Waals surface area contributed by atoms with Crippen LogP contribution in [0.15, 0.2) is 30.0 Å². The number of hydrogen-bond acceptors (Lipinski definition) is 6. The van der Waals surface area contributed by atoms with Gasteiger partial charge in [0.25, 0.3) is 0 Å². The predicted octanol–water partition coefficient (Wildman–Crippen LogP) is 2.57. The Morgan fingerprint density at radius 3 is 2.96 bits per heavy atom. The molecule has 2 aliphatic rings. The lowest BCUT2D eigenvalue weighted by Gasteiger charge is -2.41. The van der Waals surface area contributed by atoms with Crippen LogP contribution in [-0.2, 0) is 17.8 Å². The highest BCUT2D eigenvalue weighted by Gasteiger charge is 2.44. The van der Waals surface area contributed by atoms with Crippen molar-refractivity contribution >= 4 is 11.3 Å². The molecule has 0 bridgehead atoms. The second-order valence-corrected chi connectivity index (χ2v) is 8.12. The van der Waals surface area contributed by atoms with Gasteiger partial charge >= 0.3 is 0 Å². The Bertz CT molecular complexity index is 692. The van der Waals surface area contributed by atoms with Crippen molar-refractivity contribution in [3.63, 3.8) is 0 Å². The number of fused-ring (bicyclic) bond motifs is 1. The summed E-state index contributed by atoms with van der Waals surface area (Å²) < 4.78 is 5.84. The first-order chi connectivity index (χ1) is 12.2. The van der Waals surface area contributed by atoms with E-state index in [2.05, 4.69) is 32.8 Å². The molecule has 6 heteroatoms. The molecule has 0 unspecified atom stereocenters. The highest BCUT2D eigenvalue weighted by Crippen LogP contribution is 2.34. The van der Waals surface area contributed by atoms with Crippen LogP contribution >= 0.6 is 11.3 Å². The van der Waals surface area contributed by atoms with Crippen LogP contribution in [0.2, 0.25) is 0 Å². The molecule has 0 radical (unpaired) electrons. The first-order valence-electron chi connectivity index (χ1n) is 9.01. The van der Waals surface area contributed by atoms with E-state index >= 15 is 0 Å². The molecule has 0 spiro atoms. The summed E-state index contributed by atoms with van der Waals surface area (Å²) in [5.74, 6) is 0.587. The summed E-state index contributed by atoms with van der Waals surface area (Å²) >= 11 is 1.78. The molecule has 2 aliphatic heterocycles. The molecule has 25 heavy (non-hydrogen) atoms. The molecule has 3 atom stereocenters. The molecular formula is C19H26N4OS. The topological polar surface area (TPSA) is 41.5 Å². The van der Waals surface area contributed by atoms with E-state index < -0.39 is 0 Å². The fourth-order valence-electron chi connectivity index (χ4n) is 4.35. The number of rotatable bonds is 5. The minimum absolute atomic E-state index is 0.378. The molecule has 4 heterocycles. The number of nitrogens with zero attached hydrogens (tertiary/aromatic N) is 4. The van der Waals surface area contributed by atoms with Gasteiger partial charge in [-0.1, -0.05) is 6.07 Å². The van der Waals surface area contributed by atoms with Gasteiger partial charge in [-0.25, -0.2) is 4.98 Å². The first kappa shape index (κ1) is 17.1. The Morgan fingerprint density at radius 2 is 2.24 bits per heavy atom. The summed E-state index contributed by atoms with van der Waals surface area (Å²) in [7, 11) is 1.87. The van der Waals surface area contributed by atoms with E-state index in [0.717, 1.165) is 39.1 Å². The van der Waals surface area contributed by atoms with Crippen LogP contribution in [-0.4, -0.2) is 58.7 Å². The minimum Gasteiger partial charge on any atom is -0.381 e. The predicted molar refractivity (Wildman–Crippen MR) is 99.5 cm³/mol.